The van der Waals surface area contributed by atoms with E-state index in [0.29, 0.717) is 11.1 Å². The van der Waals surface area contributed by atoms with Gasteiger partial charge in [-0.05, 0) is 31.0 Å². The van der Waals surface area contributed by atoms with Gasteiger partial charge in [-0.1, -0.05) is 11.8 Å². The lowest BCUT2D eigenvalue weighted by Gasteiger charge is -2.32. The predicted molar refractivity (Wildman–Crippen MR) is 83.1 cm³/mol. The lowest BCUT2D eigenvalue weighted by molar-refractivity contribution is 0.0600. The number of hydrogen-bond donors (Lipinski definition) is 2. The number of nitrogens with zero attached hydrogens (tertiary/aromatic N) is 1. The molecule has 0 spiro atoms. The molecule has 1 aromatic carbocycles. The Morgan fingerprint density at radius 3 is 2.76 bits per heavy atom. The normalized spacial score (nSPS) is 15.3. The third-order valence-corrected chi connectivity index (χ3v) is 3.64. The zero-order valence-electron chi connectivity index (χ0n) is 12.3. The van der Waals surface area contributed by atoms with Crippen molar-refractivity contribution < 1.29 is 9.53 Å². The van der Waals surface area contributed by atoms with E-state index in [1.807, 2.05) is 12.1 Å². The van der Waals surface area contributed by atoms with Gasteiger partial charge in [0.15, 0.2) is 0 Å². The van der Waals surface area contributed by atoms with Crippen molar-refractivity contribution in [2.24, 2.45) is 11.5 Å². The van der Waals surface area contributed by atoms with Crippen LogP contribution in [0.3, 0.4) is 0 Å². The van der Waals surface area contributed by atoms with Gasteiger partial charge in [0.1, 0.15) is 0 Å². The first-order chi connectivity index (χ1) is 10.2. The second kappa shape index (κ2) is 7.11. The van der Waals surface area contributed by atoms with Crippen LogP contribution in [0, 0.1) is 11.8 Å². The van der Waals surface area contributed by atoms with Gasteiger partial charge in [-0.2, -0.15) is 0 Å². The topological polar surface area (TPSA) is 81.6 Å². The molecular formula is C16H21N3O2. The van der Waals surface area contributed by atoms with E-state index < -0.39 is 0 Å². The van der Waals surface area contributed by atoms with Crippen LogP contribution >= 0.6 is 0 Å². The van der Waals surface area contributed by atoms with Crippen LogP contribution < -0.4 is 16.4 Å². The highest BCUT2D eigenvalue weighted by Gasteiger charge is 2.18. The highest BCUT2D eigenvalue weighted by molar-refractivity contribution is 5.93. The van der Waals surface area contributed by atoms with E-state index >= 15 is 0 Å². The Bertz CT molecular complexity index is 567. The van der Waals surface area contributed by atoms with Crippen molar-refractivity contribution in [3.63, 3.8) is 0 Å². The van der Waals surface area contributed by atoms with E-state index in [2.05, 4.69) is 16.7 Å². The zero-order valence-corrected chi connectivity index (χ0v) is 12.3. The summed E-state index contributed by atoms with van der Waals surface area (Å²) in [6.45, 7) is 2.09. The quantitative estimate of drug-likeness (QED) is 0.618. The Labute approximate surface area is 125 Å². The van der Waals surface area contributed by atoms with Crippen LogP contribution in [-0.2, 0) is 4.74 Å². The first-order valence-corrected chi connectivity index (χ1v) is 7.07. The predicted octanol–water partition coefficient (Wildman–Crippen LogP) is 0.711. The molecule has 0 bridgehead atoms. The van der Waals surface area contributed by atoms with Gasteiger partial charge >= 0.3 is 5.97 Å². The number of esters is 1. The minimum Gasteiger partial charge on any atom is -0.465 e. The molecule has 0 atom stereocenters. The van der Waals surface area contributed by atoms with Crippen molar-refractivity contribution in [1.29, 1.82) is 0 Å². The summed E-state index contributed by atoms with van der Waals surface area (Å²) >= 11 is 0. The molecule has 5 heteroatoms. The number of piperidine rings is 1. The van der Waals surface area contributed by atoms with Gasteiger partial charge in [0.2, 0.25) is 0 Å². The maximum absolute atomic E-state index is 11.8. The maximum Gasteiger partial charge on any atom is 0.339 e. The minimum absolute atomic E-state index is 0.253. The van der Waals surface area contributed by atoms with Gasteiger partial charge in [-0.3, -0.25) is 0 Å². The fourth-order valence-corrected chi connectivity index (χ4v) is 2.42. The average Bonchev–Trinajstić information content (AvgIpc) is 2.52. The van der Waals surface area contributed by atoms with Crippen molar-refractivity contribution in [2.75, 3.05) is 31.6 Å². The molecule has 1 aromatic rings. The van der Waals surface area contributed by atoms with E-state index in [1.54, 1.807) is 6.07 Å². The number of methoxy groups -OCH3 is 1. The molecule has 0 saturated carbocycles. The number of ether oxygens (including phenoxy) is 1. The molecule has 0 aromatic heterocycles. The molecule has 1 aliphatic heterocycles. The highest BCUT2D eigenvalue weighted by Crippen LogP contribution is 2.23. The summed E-state index contributed by atoms with van der Waals surface area (Å²) in [6.07, 6.45) is 1.95. The molecule has 1 heterocycles. The Kier molecular flexibility index (Phi) is 5.20. The fraction of sp³-hybridized carbons (Fsp3) is 0.438. The standard InChI is InChI=1S/C16H21N3O2/c1-21-16(20)15-5-4-14(11-12(15)3-2-8-17)19-9-6-13(18)7-10-19/h4-5,11,13H,6-10,17-18H2,1H3. The van der Waals surface area contributed by atoms with Gasteiger partial charge < -0.3 is 21.1 Å². The highest BCUT2D eigenvalue weighted by atomic mass is 16.5. The Hall–Kier alpha value is -2.03. The van der Waals surface area contributed by atoms with E-state index in [4.69, 9.17) is 16.2 Å². The van der Waals surface area contributed by atoms with Crippen molar-refractivity contribution >= 4 is 11.7 Å². The van der Waals surface area contributed by atoms with Crippen LogP contribution in [0.5, 0.6) is 0 Å². The van der Waals surface area contributed by atoms with Crippen LogP contribution in [0.15, 0.2) is 18.2 Å². The summed E-state index contributed by atoms with van der Waals surface area (Å²) in [5.74, 6) is 5.36. The van der Waals surface area contributed by atoms with Crippen LogP contribution in [0.25, 0.3) is 0 Å². The fourth-order valence-electron chi connectivity index (χ4n) is 2.42. The Morgan fingerprint density at radius 1 is 1.43 bits per heavy atom. The Morgan fingerprint density at radius 2 is 2.14 bits per heavy atom. The number of carbonyl (C=O) groups is 1. The number of hydrogen-bond acceptors (Lipinski definition) is 5. The molecule has 0 aliphatic carbocycles. The molecule has 112 valence electrons. The van der Waals surface area contributed by atoms with Gasteiger partial charge in [0, 0.05) is 30.4 Å². The number of benzene rings is 1. The van der Waals surface area contributed by atoms with Crippen LogP contribution in [-0.4, -0.2) is 38.8 Å². The molecular weight excluding hydrogens is 266 g/mol. The first-order valence-electron chi connectivity index (χ1n) is 7.07. The van der Waals surface area contributed by atoms with E-state index in [1.165, 1.54) is 7.11 Å². The Balaban J connectivity index is 2.30. The second-order valence-corrected chi connectivity index (χ2v) is 5.05. The smallest absolute Gasteiger partial charge is 0.339 e. The van der Waals surface area contributed by atoms with Crippen molar-refractivity contribution in [3.8, 4) is 11.8 Å². The lowest BCUT2D eigenvalue weighted by atomic mass is 10.0. The SMILES string of the molecule is COC(=O)c1ccc(N2CCC(N)CC2)cc1C#CCN. The summed E-state index contributed by atoms with van der Waals surface area (Å²) in [4.78, 5) is 14.0. The molecule has 2 rings (SSSR count). The number of nitrogens with two attached hydrogens (primary N) is 2. The molecule has 0 unspecified atom stereocenters. The van der Waals surface area contributed by atoms with E-state index in [0.717, 1.165) is 31.6 Å². The van der Waals surface area contributed by atoms with Gasteiger partial charge in [-0.25, -0.2) is 4.79 Å². The third kappa shape index (κ3) is 3.75. The van der Waals surface area contributed by atoms with Crippen molar-refractivity contribution in [2.45, 2.75) is 18.9 Å². The molecule has 0 amide bonds. The number of rotatable bonds is 2. The number of anilines is 1. The summed E-state index contributed by atoms with van der Waals surface area (Å²) < 4.78 is 4.79. The summed E-state index contributed by atoms with van der Waals surface area (Å²) in [5.41, 5.74) is 13.5. The van der Waals surface area contributed by atoms with Crippen LogP contribution in [0.1, 0.15) is 28.8 Å². The monoisotopic (exact) mass is 287 g/mol. The van der Waals surface area contributed by atoms with Crippen molar-refractivity contribution in [1.82, 2.24) is 0 Å². The van der Waals surface area contributed by atoms with Gasteiger partial charge in [-0.15, -0.1) is 0 Å². The maximum atomic E-state index is 11.8. The van der Waals surface area contributed by atoms with E-state index in [9.17, 15) is 4.79 Å². The van der Waals surface area contributed by atoms with Crippen molar-refractivity contribution in [3.05, 3.63) is 29.3 Å². The molecule has 21 heavy (non-hydrogen) atoms. The van der Waals surface area contributed by atoms with Gasteiger partial charge in [0.05, 0.1) is 19.2 Å². The molecule has 1 saturated heterocycles. The number of carbonyl (C=O) groups excluding carboxylic acids is 1. The molecule has 1 aliphatic rings. The minimum atomic E-state index is -0.386. The summed E-state index contributed by atoms with van der Waals surface area (Å²) in [7, 11) is 1.36. The molecule has 0 radical (unpaired) electrons. The largest absolute Gasteiger partial charge is 0.465 e. The molecule has 4 N–H and O–H groups in total. The average molecular weight is 287 g/mol. The second-order valence-electron chi connectivity index (χ2n) is 5.05. The first kappa shape index (κ1) is 15.4. The van der Waals surface area contributed by atoms with E-state index in [-0.39, 0.29) is 18.6 Å². The zero-order chi connectivity index (χ0) is 15.2. The van der Waals surface area contributed by atoms with Crippen LogP contribution in [0.2, 0.25) is 0 Å². The summed E-state index contributed by atoms with van der Waals surface area (Å²) in [6, 6.07) is 5.89. The molecule has 1 fully saturated rings. The third-order valence-electron chi connectivity index (χ3n) is 3.64. The molecule has 5 nitrogen and oxygen atoms in total. The van der Waals surface area contributed by atoms with Gasteiger partial charge in [0.25, 0.3) is 0 Å². The van der Waals surface area contributed by atoms with Crippen LogP contribution in [0.4, 0.5) is 5.69 Å². The summed E-state index contributed by atoms with van der Waals surface area (Å²) in [5, 5.41) is 0. The lowest BCUT2D eigenvalue weighted by Crippen LogP contribution is -2.39.